The van der Waals surface area contributed by atoms with Gasteiger partial charge in [-0.3, -0.25) is 9.69 Å². The van der Waals surface area contributed by atoms with Gasteiger partial charge in [-0.15, -0.1) is 0 Å². The molecule has 1 heterocycles. The zero-order valence-corrected chi connectivity index (χ0v) is 6.99. The molecule has 0 aromatic heterocycles. The van der Waals surface area contributed by atoms with Crippen LogP contribution in [0, 0.1) is 0 Å². The van der Waals surface area contributed by atoms with Crippen LogP contribution >= 0.6 is 0 Å². The molecule has 12 heavy (non-hydrogen) atoms. The highest BCUT2D eigenvalue weighted by Gasteiger charge is 2.32. The van der Waals surface area contributed by atoms with Gasteiger partial charge in [0.1, 0.15) is 6.54 Å². The molecule has 0 saturated carbocycles. The molecule has 0 aromatic carbocycles. The van der Waals surface area contributed by atoms with E-state index in [2.05, 4.69) is 0 Å². The lowest BCUT2D eigenvalue weighted by Crippen LogP contribution is -2.32. The number of urea groups is 1. The topological polar surface area (TPSA) is 60.9 Å². The summed E-state index contributed by atoms with van der Waals surface area (Å²) >= 11 is 0. The van der Waals surface area contributed by atoms with Gasteiger partial charge < -0.3 is 10.0 Å². The summed E-state index contributed by atoms with van der Waals surface area (Å²) in [5, 5.41) is 8.50. The molecule has 1 saturated heterocycles. The van der Waals surface area contributed by atoms with Gasteiger partial charge in [0.25, 0.3) is 0 Å². The first-order valence-corrected chi connectivity index (χ1v) is 3.83. The first-order chi connectivity index (χ1) is 5.66. The number of hydrogen-bond acceptors (Lipinski definition) is 3. The van der Waals surface area contributed by atoms with Gasteiger partial charge >= 0.3 is 6.03 Å². The van der Waals surface area contributed by atoms with E-state index in [0.717, 1.165) is 4.90 Å². The van der Waals surface area contributed by atoms with E-state index in [-0.39, 0.29) is 25.1 Å². The first kappa shape index (κ1) is 8.99. The SMILES string of the molecule is CN1CC(=O)N(CCCO)C1=O. The van der Waals surface area contributed by atoms with Gasteiger partial charge in [-0.2, -0.15) is 0 Å². The number of carbonyl (C=O) groups excluding carboxylic acids is 2. The molecule has 1 aliphatic rings. The van der Waals surface area contributed by atoms with Crippen molar-refractivity contribution in [1.82, 2.24) is 9.80 Å². The number of hydrogen-bond donors (Lipinski definition) is 1. The Labute approximate surface area is 70.6 Å². The smallest absolute Gasteiger partial charge is 0.326 e. The summed E-state index contributed by atoms with van der Waals surface area (Å²) in [6.07, 6.45) is 0.450. The highest BCUT2D eigenvalue weighted by atomic mass is 16.3. The molecule has 1 fully saturated rings. The predicted molar refractivity (Wildman–Crippen MR) is 41.4 cm³/mol. The number of imide groups is 1. The van der Waals surface area contributed by atoms with E-state index in [1.165, 1.54) is 4.90 Å². The van der Waals surface area contributed by atoms with Gasteiger partial charge in [0, 0.05) is 20.2 Å². The first-order valence-electron chi connectivity index (χ1n) is 3.83. The van der Waals surface area contributed by atoms with Crippen LogP contribution in [0.25, 0.3) is 0 Å². The molecule has 1 rings (SSSR count). The molecule has 1 N–H and O–H groups in total. The molecule has 3 amide bonds. The fraction of sp³-hybridized carbons (Fsp3) is 0.714. The highest BCUT2D eigenvalue weighted by Crippen LogP contribution is 2.07. The molecule has 0 radical (unpaired) electrons. The minimum absolute atomic E-state index is 0.000768. The van der Waals surface area contributed by atoms with E-state index >= 15 is 0 Å². The number of nitrogens with zero attached hydrogens (tertiary/aromatic N) is 2. The summed E-state index contributed by atoms with van der Waals surface area (Å²) in [5.74, 6) is -0.184. The lowest BCUT2D eigenvalue weighted by molar-refractivity contribution is -0.125. The second-order valence-electron chi connectivity index (χ2n) is 2.76. The molecule has 0 bridgehead atoms. The van der Waals surface area contributed by atoms with Gasteiger partial charge in [-0.25, -0.2) is 4.79 Å². The summed E-state index contributed by atoms with van der Waals surface area (Å²) in [6, 6.07) is -0.270. The Morgan fingerprint density at radius 3 is 2.58 bits per heavy atom. The molecular weight excluding hydrogens is 160 g/mol. The minimum atomic E-state index is -0.270. The third-order valence-corrected chi connectivity index (χ3v) is 1.77. The van der Waals surface area contributed by atoms with Crippen molar-refractivity contribution >= 4 is 11.9 Å². The summed E-state index contributed by atoms with van der Waals surface area (Å²) in [5.41, 5.74) is 0. The van der Waals surface area contributed by atoms with Gasteiger partial charge in [0.05, 0.1) is 0 Å². The van der Waals surface area contributed by atoms with E-state index in [0.29, 0.717) is 13.0 Å². The maximum atomic E-state index is 11.2. The van der Waals surface area contributed by atoms with Crippen LogP contribution < -0.4 is 0 Å². The van der Waals surface area contributed by atoms with E-state index in [1.54, 1.807) is 7.05 Å². The van der Waals surface area contributed by atoms with Crippen molar-refractivity contribution in [1.29, 1.82) is 0 Å². The van der Waals surface area contributed by atoms with Crippen molar-refractivity contribution in [3.05, 3.63) is 0 Å². The molecule has 1 aliphatic heterocycles. The summed E-state index contributed by atoms with van der Waals surface area (Å²) in [4.78, 5) is 24.8. The summed E-state index contributed by atoms with van der Waals surface area (Å²) in [6.45, 7) is 0.476. The second kappa shape index (κ2) is 3.53. The summed E-state index contributed by atoms with van der Waals surface area (Å²) < 4.78 is 0. The molecular formula is C7H12N2O3. The Morgan fingerprint density at radius 2 is 2.17 bits per heavy atom. The van der Waals surface area contributed by atoms with E-state index in [4.69, 9.17) is 5.11 Å². The number of carbonyl (C=O) groups is 2. The average Bonchev–Trinajstić information content (AvgIpc) is 2.25. The van der Waals surface area contributed by atoms with Crippen molar-refractivity contribution in [2.75, 3.05) is 26.7 Å². The lowest BCUT2D eigenvalue weighted by atomic mass is 10.4. The van der Waals surface area contributed by atoms with Crippen LogP contribution in [-0.2, 0) is 4.79 Å². The van der Waals surface area contributed by atoms with Crippen LogP contribution in [0.3, 0.4) is 0 Å². The quantitative estimate of drug-likeness (QED) is 0.570. The second-order valence-corrected chi connectivity index (χ2v) is 2.76. The number of likely N-dealkylation sites (N-methyl/N-ethyl adjacent to an activating group) is 1. The normalized spacial score (nSPS) is 17.8. The maximum Gasteiger partial charge on any atom is 0.326 e. The third kappa shape index (κ3) is 1.55. The van der Waals surface area contributed by atoms with E-state index in [9.17, 15) is 9.59 Å². The lowest BCUT2D eigenvalue weighted by Gasteiger charge is -2.12. The molecule has 0 spiro atoms. The molecule has 0 aliphatic carbocycles. The van der Waals surface area contributed by atoms with Crippen LogP contribution in [-0.4, -0.2) is 53.6 Å². The molecule has 5 heteroatoms. The van der Waals surface area contributed by atoms with Gasteiger partial charge in [0.2, 0.25) is 5.91 Å². The van der Waals surface area contributed by atoms with Crippen molar-refractivity contribution in [2.24, 2.45) is 0 Å². The average molecular weight is 172 g/mol. The summed E-state index contributed by atoms with van der Waals surface area (Å²) in [7, 11) is 1.58. The van der Waals surface area contributed by atoms with Crippen molar-refractivity contribution < 1.29 is 14.7 Å². The van der Waals surface area contributed by atoms with Gasteiger partial charge in [-0.1, -0.05) is 0 Å². The Kier molecular flexibility index (Phi) is 2.65. The Balaban J connectivity index is 2.52. The van der Waals surface area contributed by atoms with Crippen LogP contribution in [0.2, 0.25) is 0 Å². The third-order valence-electron chi connectivity index (χ3n) is 1.77. The van der Waals surface area contributed by atoms with Crippen molar-refractivity contribution in [3.8, 4) is 0 Å². The maximum absolute atomic E-state index is 11.2. The van der Waals surface area contributed by atoms with Crippen LogP contribution in [0.15, 0.2) is 0 Å². The predicted octanol–water partition coefficient (Wildman–Crippen LogP) is -0.737. The number of rotatable bonds is 3. The molecule has 68 valence electrons. The van der Waals surface area contributed by atoms with Crippen molar-refractivity contribution in [3.63, 3.8) is 0 Å². The Bertz CT molecular complexity index is 205. The van der Waals surface area contributed by atoms with Crippen LogP contribution in [0.1, 0.15) is 6.42 Å². The Morgan fingerprint density at radius 1 is 1.50 bits per heavy atom. The van der Waals surface area contributed by atoms with Crippen LogP contribution in [0.5, 0.6) is 0 Å². The fourth-order valence-corrected chi connectivity index (χ4v) is 1.12. The highest BCUT2D eigenvalue weighted by molar-refractivity contribution is 6.01. The minimum Gasteiger partial charge on any atom is -0.396 e. The number of amides is 3. The molecule has 0 aromatic rings. The van der Waals surface area contributed by atoms with E-state index < -0.39 is 0 Å². The molecule has 0 unspecified atom stereocenters. The van der Waals surface area contributed by atoms with Crippen molar-refractivity contribution in [2.45, 2.75) is 6.42 Å². The Hall–Kier alpha value is -1.10. The standard InChI is InChI=1S/C7H12N2O3/c1-8-5-6(11)9(7(8)12)3-2-4-10/h10H,2-5H2,1H3. The van der Waals surface area contributed by atoms with Crippen LogP contribution in [0.4, 0.5) is 4.79 Å². The molecule has 5 nitrogen and oxygen atoms in total. The monoisotopic (exact) mass is 172 g/mol. The largest absolute Gasteiger partial charge is 0.396 e. The zero-order chi connectivity index (χ0) is 9.14. The van der Waals surface area contributed by atoms with E-state index in [1.807, 2.05) is 0 Å². The molecule has 0 atom stereocenters. The fourth-order valence-electron chi connectivity index (χ4n) is 1.12. The number of aliphatic hydroxyl groups excluding tert-OH is 1. The number of aliphatic hydroxyl groups is 1. The van der Waals surface area contributed by atoms with Gasteiger partial charge in [-0.05, 0) is 6.42 Å². The zero-order valence-electron chi connectivity index (χ0n) is 6.99. The van der Waals surface area contributed by atoms with Gasteiger partial charge in [0.15, 0.2) is 0 Å².